The molecular formula is C22H18S. The quantitative estimate of drug-likeness (QED) is 0.534. The maximum atomic E-state index is 3.32. The van der Waals surface area contributed by atoms with E-state index in [1.54, 1.807) is 11.8 Å². The molecule has 0 fully saturated rings. The van der Waals surface area contributed by atoms with Gasteiger partial charge in [0.1, 0.15) is 0 Å². The maximum absolute atomic E-state index is 3.32. The molecule has 0 unspecified atom stereocenters. The Morgan fingerprint density at radius 2 is 1.30 bits per heavy atom. The lowest BCUT2D eigenvalue weighted by molar-refractivity contribution is 1.29. The molecule has 0 spiro atoms. The summed E-state index contributed by atoms with van der Waals surface area (Å²) in [4.78, 5) is 2.47. The summed E-state index contributed by atoms with van der Waals surface area (Å²) in [6, 6.07) is 25.1. The summed E-state index contributed by atoms with van der Waals surface area (Å²) in [5, 5.41) is 0. The molecule has 0 aliphatic carbocycles. The van der Waals surface area contributed by atoms with Gasteiger partial charge in [-0.25, -0.2) is 0 Å². The zero-order chi connectivity index (χ0) is 16.1. The van der Waals surface area contributed by atoms with Crippen LogP contribution in [0.2, 0.25) is 0 Å². The molecule has 3 aromatic carbocycles. The average Bonchev–Trinajstić information content (AvgIpc) is 2.57. The molecule has 0 amide bonds. The van der Waals surface area contributed by atoms with Gasteiger partial charge in [0, 0.05) is 20.9 Å². The highest BCUT2D eigenvalue weighted by molar-refractivity contribution is 7.99. The second-order valence-corrected chi connectivity index (χ2v) is 6.56. The van der Waals surface area contributed by atoms with Gasteiger partial charge in [0.25, 0.3) is 0 Å². The highest BCUT2D eigenvalue weighted by atomic mass is 32.2. The van der Waals surface area contributed by atoms with E-state index in [2.05, 4.69) is 92.4 Å². The SMILES string of the molecule is Cc1ccc(C#Cc2ccccc2Sc2ccccc2C)cc1. The van der Waals surface area contributed by atoms with E-state index in [9.17, 15) is 0 Å². The van der Waals surface area contributed by atoms with E-state index in [0.29, 0.717) is 0 Å². The molecule has 3 aromatic rings. The molecule has 0 saturated heterocycles. The highest BCUT2D eigenvalue weighted by Crippen LogP contribution is 2.32. The van der Waals surface area contributed by atoms with Gasteiger partial charge in [0.05, 0.1) is 0 Å². The molecule has 0 nitrogen and oxygen atoms in total. The first-order valence-electron chi connectivity index (χ1n) is 7.63. The molecule has 0 bridgehead atoms. The van der Waals surface area contributed by atoms with Crippen LogP contribution in [0, 0.1) is 25.7 Å². The van der Waals surface area contributed by atoms with Crippen LogP contribution in [0.3, 0.4) is 0 Å². The average molecular weight is 314 g/mol. The van der Waals surface area contributed by atoms with Crippen molar-refractivity contribution in [3.05, 3.63) is 95.1 Å². The van der Waals surface area contributed by atoms with Gasteiger partial charge >= 0.3 is 0 Å². The Kier molecular flexibility index (Phi) is 4.86. The largest absolute Gasteiger partial charge is 0.0885 e. The Morgan fingerprint density at radius 1 is 0.652 bits per heavy atom. The normalized spacial score (nSPS) is 10.0. The molecule has 0 aromatic heterocycles. The van der Waals surface area contributed by atoms with Crippen molar-refractivity contribution in [1.29, 1.82) is 0 Å². The minimum absolute atomic E-state index is 1.05. The first-order chi connectivity index (χ1) is 11.2. The topological polar surface area (TPSA) is 0 Å². The van der Waals surface area contributed by atoms with Crippen molar-refractivity contribution in [2.75, 3.05) is 0 Å². The molecule has 0 N–H and O–H groups in total. The molecule has 0 heterocycles. The van der Waals surface area contributed by atoms with E-state index in [1.165, 1.54) is 20.9 Å². The summed E-state index contributed by atoms with van der Waals surface area (Å²) in [6.07, 6.45) is 0. The molecule has 112 valence electrons. The van der Waals surface area contributed by atoms with Gasteiger partial charge in [-0.2, -0.15) is 0 Å². The Hall–Kier alpha value is -2.43. The van der Waals surface area contributed by atoms with Crippen LogP contribution < -0.4 is 0 Å². The molecule has 0 aliphatic rings. The van der Waals surface area contributed by atoms with E-state index < -0.39 is 0 Å². The maximum Gasteiger partial charge on any atom is 0.0388 e. The lowest BCUT2D eigenvalue weighted by Gasteiger charge is -2.07. The fourth-order valence-electron chi connectivity index (χ4n) is 2.22. The first kappa shape index (κ1) is 15.5. The van der Waals surface area contributed by atoms with E-state index >= 15 is 0 Å². The highest BCUT2D eigenvalue weighted by Gasteiger charge is 2.04. The summed E-state index contributed by atoms with van der Waals surface area (Å²) >= 11 is 1.78. The fourth-order valence-corrected chi connectivity index (χ4v) is 3.21. The van der Waals surface area contributed by atoms with Gasteiger partial charge in [0.2, 0.25) is 0 Å². The first-order valence-corrected chi connectivity index (χ1v) is 8.45. The van der Waals surface area contributed by atoms with Crippen LogP contribution in [0.5, 0.6) is 0 Å². The van der Waals surface area contributed by atoms with Crippen LogP contribution in [-0.4, -0.2) is 0 Å². The summed E-state index contributed by atoms with van der Waals surface area (Å²) in [6.45, 7) is 4.23. The lowest BCUT2D eigenvalue weighted by atomic mass is 10.1. The molecule has 23 heavy (non-hydrogen) atoms. The molecular weight excluding hydrogens is 296 g/mol. The zero-order valence-electron chi connectivity index (χ0n) is 13.3. The number of benzene rings is 3. The van der Waals surface area contributed by atoms with E-state index in [1.807, 2.05) is 6.07 Å². The standard InChI is InChI=1S/C22H18S/c1-17-11-13-19(14-12-17)15-16-20-8-4-6-10-22(20)23-21-9-5-3-7-18(21)2/h3-14H,1-2H3. The number of hydrogen-bond donors (Lipinski definition) is 0. The van der Waals surface area contributed by atoms with Gasteiger partial charge < -0.3 is 0 Å². The fraction of sp³-hybridized carbons (Fsp3) is 0.0909. The van der Waals surface area contributed by atoms with E-state index in [-0.39, 0.29) is 0 Å². The zero-order valence-corrected chi connectivity index (χ0v) is 14.2. The predicted octanol–water partition coefficient (Wildman–Crippen LogP) is 5.85. The molecule has 0 atom stereocenters. The van der Waals surface area contributed by atoms with Crippen molar-refractivity contribution in [2.45, 2.75) is 23.6 Å². The smallest absolute Gasteiger partial charge is 0.0388 e. The van der Waals surface area contributed by atoms with Crippen LogP contribution in [0.25, 0.3) is 0 Å². The van der Waals surface area contributed by atoms with Gasteiger partial charge in [-0.05, 0) is 49.7 Å². The van der Waals surface area contributed by atoms with E-state index in [0.717, 1.165) is 11.1 Å². The Labute approximate surface area is 142 Å². The summed E-state index contributed by atoms with van der Waals surface area (Å²) in [7, 11) is 0. The van der Waals surface area contributed by atoms with Gasteiger partial charge in [-0.15, -0.1) is 0 Å². The van der Waals surface area contributed by atoms with Crippen LogP contribution in [0.1, 0.15) is 22.3 Å². The Bertz CT molecular complexity index is 864. The van der Waals surface area contributed by atoms with Crippen molar-refractivity contribution >= 4 is 11.8 Å². The Morgan fingerprint density at radius 3 is 2.04 bits per heavy atom. The summed E-state index contributed by atoms with van der Waals surface area (Å²) in [5.41, 5.74) is 4.66. The van der Waals surface area contributed by atoms with Crippen molar-refractivity contribution in [1.82, 2.24) is 0 Å². The second kappa shape index (κ2) is 7.22. The second-order valence-electron chi connectivity index (χ2n) is 5.48. The lowest BCUT2D eigenvalue weighted by Crippen LogP contribution is -1.84. The molecule has 0 radical (unpaired) electrons. The van der Waals surface area contributed by atoms with Crippen molar-refractivity contribution in [3.8, 4) is 11.8 Å². The molecule has 1 heteroatoms. The third kappa shape index (κ3) is 4.06. The molecule has 0 aliphatic heterocycles. The summed E-state index contributed by atoms with van der Waals surface area (Å²) in [5.74, 6) is 6.58. The van der Waals surface area contributed by atoms with Crippen molar-refractivity contribution in [3.63, 3.8) is 0 Å². The van der Waals surface area contributed by atoms with Crippen molar-refractivity contribution in [2.24, 2.45) is 0 Å². The molecule has 0 saturated carbocycles. The van der Waals surface area contributed by atoms with Crippen LogP contribution in [-0.2, 0) is 0 Å². The minimum atomic E-state index is 1.05. The Balaban J connectivity index is 1.90. The third-order valence-electron chi connectivity index (χ3n) is 3.59. The van der Waals surface area contributed by atoms with Crippen LogP contribution in [0.15, 0.2) is 82.6 Å². The minimum Gasteiger partial charge on any atom is -0.0885 e. The van der Waals surface area contributed by atoms with Crippen LogP contribution >= 0.6 is 11.8 Å². The number of aryl methyl sites for hydroxylation is 2. The van der Waals surface area contributed by atoms with Crippen LogP contribution in [0.4, 0.5) is 0 Å². The van der Waals surface area contributed by atoms with Gasteiger partial charge in [0.15, 0.2) is 0 Å². The molecule has 3 rings (SSSR count). The number of hydrogen-bond acceptors (Lipinski definition) is 1. The third-order valence-corrected chi connectivity index (χ3v) is 4.85. The van der Waals surface area contributed by atoms with Crippen molar-refractivity contribution < 1.29 is 0 Å². The number of rotatable bonds is 2. The van der Waals surface area contributed by atoms with Gasteiger partial charge in [-0.1, -0.05) is 71.6 Å². The van der Waals surface area contributed by atoms with E-state index in [4.69, 9.17) is 0 Å². The summed E-state index contributed by atoms with van der Waals surface area (Å²) < 4.78 is 0. The van der Waals surface area contributed by atoms with Gasteiger partial charge in [-0.3, -0.25) is 0 Å². The monoisotopic (exact) mass is 314 g/mol. The predicted molar refractivity (Wildman–Crippen MR) is 98.9 cm³/mol.